The van der Waals surface area contributed by atoms with Gasteiger partial charge in [-0.05, 0) is 35.2 Å². The van der Waals surface area contributed by atoms with E-state index in [2.05, 4.69) is 36.5 Å². The van der Waals surface area contributed by atoms with E-state index in [-0.39, 0.29) is 18.2 Å². The van der Waals surface area contributed by atoms with Crippen molar-refractivity contribution in [1.29, 1.82) is 0 Å². The van der Waals surface area contributed by atoms with E-state index in [0.29, 0.717) is 0 Å². The SMILES string of the molecule is CCc1ccc(CNCc2ccc(F)cc2)cc1.Cl. The first-order valence-electron chi connectivity index (χ1n) is 6.31. The van der Waals surface area contributed by atoms with E-state index in [0.717, 1.165) is 25.1 Å². The van der Waals surface area contributed by atoms with Crippen LogP contribution in [0.5, 0.6) is 0 Å². The Morgan fingerprint density at radius 3 is 1.68 bits per heavy atom. The Balaban J connectivity index is 0.00000180. The molecule has 0 aliphatic rings. The number of benzene rings is 2. The maximum absolute atomic E-state index is 12.7. The molecule has 0 spiro atoms. The van der Waals surface area contributed by atoms with Crippen LogP contribution in [0.4, 0.5) is 4.39 Å². The maximum atomic E-state index is 12.7. The molecule has 0 heterocycles. The van der Waals surface area contributed by atoms with Crippen molar-refractivity contribution in [2.45, 2.75) is 26.4 Å². The van der Waals surface area contributed by atoms with E-state index >= 15 is 0 Å². The number of rotatable bonds is 5. The highest BCUT2D eigenvalue weighted by Crippen LogP contribution is 2.06. The number of halogens is 2. The number of nitrogens with one attached hydrogen (secondary N) is 1. The van der Waals surface area contributed by atoms with Crippen LogP contribution >= 0.6 is 12.4 Å². The van der Waals surface area contributed by atoms with Crippen molar-refractivity contribution in [2.75, 3.05) is 0 Å². The van der Waals surface area contributed by atoms with Crippen LogP contribution in [-0.4, -0.2) is 0 Å². The van der Waals surface area contributed by atoms with Gasteiger partial charge in [0.05, 0.1) is 0 Å². The Bertz CT molecular complexity index is 479. The van der Waals surface area contributed by atoms with Crippen LogP contribution in [-0.2, 0) is 19.5 Å². The van der Waals surface area contributed by atoms with Gasteiger partial charge in [-0.2, -0.15) is 0 Å². The summed E-state index contributed by atoms with van der Waals surface area (Å²) in [5, 5.41) is 3.35. The zero-order valence-corrected chi connectivity index (χ0v) is 11.8. The molecule has 2 rings (SSSR count). The molecular formula is C16H19ClFN. The summed E-state index contributed by atoms with van der Waals surface area (Å²) in [6.07, 6.45) is 1.07. The topological polar surface area (TPSA) is 12.0 Å². The van der Waals surface area contributed by atoms with Crippen molar-refractivity contribution >= 4 is 12.4 Å². The molecule has 0 radical (unpaired) electrons. The molecule has 0 saturated carbocycles. The largest absolute Gasteiger partial charge is 0.309 e. The maximum Gasteiger partial charge on any atom is 0.123 e. The van der Waals surface area contributed by atoms with Crippen LogP contribution in [0.15, 0.2) is 48.5 Å². The second-order valence-electron chi connectivity index (χ2n) is 4.40. The van der Waals surface area contributed by atoms with E-state index in [9.17, 15) is 4.39 Å². The van der Waals surface area contributed by atoms with E-state index in [1.165, 1.54) is 23.3 Å². The lowest BCUT2D eigenvalue weighted by Crippen LogP contribution is -2.12. The van der Waals surface area contributed by atoms with Gasteiger partial charge in [-0.15, -0.1) is 12.4 Å². The molecule has 2 aromatic rings. The fraction of sp³-hybridized carbons (Fsp3) is 0.250. The monoisotopic (exact) mass is 279 g/mol. The molecule has 0 aliphatic carbocycles. The van der Waals surface area contributed by atoms with Gasteiger partial charge < -0.3 is 5.32 Å². The van der Waals surface area contributed by atoms with Crippen LogP contribution in [0.1, 0.15) is 23.6 Å². The molecule has 0 unspecified atom stereocenters. The van der Waals surface area contributed by atoms with Gasteiger partial charge in [0.25, 0.3) is 0 Å². The summed E-state index contributed by atoms with van der Waals surface area (Å²) in [5.41, 5.74) is 3.73. The summed E-state index contributed by atoms with van der Waals surface area (Å²) in [7, 11) is 0. The van der Waals surface area contributed by atoms with E-state index < -0.39 is 0 Å². The first kappa shape index (κ1) is 15.7. The number of hydrogen-bond acceptors (Lipinski definition) is 1. The highest BCUT2D eigenvalue weighted by molar-refractivity contribution is 5.85. The predicted octanol–water partition coefficient (Wildman–Crippen LogP) is 4.10. The highest BCUT2D eigenvalue weighted by atomic mass is 35.5. The zero-order chi connectivity index (χ0) is 12.8. The molecule has 0 saturated heterocycles. The molecule has 0 fully saturated rings. The molecule has 0 aliphatic heterocycles. The molecule has 1 nitrogen and oxygen atoms in total. The summed E-state index contributed by atoms with van der Waals surface area (Å²) in [6.45, 7) is 3.75. The fourth-order valence-corrected chi connectivity index (χ4v) is 1.85. The van der Waals surface area contributed by atoms with Gasteiger partial charge in [-0.3, -0.25) is 0 Å². The van der Waals surface area contributed by atoms with Crippen LogP contribution in [0, 0.1) is 5.82 Å². The van der Waals surface area contributed by atoms with Crippen LogP contribution in [0.3, 0.4) is 0 Å². The molecular weight excluding hydrogens is 261 g/mol. The van der Waals surface area contributed by atoms with Gasteiger partial charge in [0.1, 0.15) is 5.82 Å². The summed E-state index contributed by atoms with van der Waals surface area (Å²) >= 11 is 0. The van der Waals surface area contributed by atoms with Crippen LogP contribution < -0.4 is 5.32 Å². The van der Waals surface area contributed by atoms with Crippen molar-refractivity contribution in [2.24, 2.45) is 0 Å². The lowest BCUT2D eigenvalue weighted by atomic mass is 10.1. The zero-order valence-electron chi connectivity index (χ0n) is 11.0. The molecule has 2 aromatic carbocycles. The Kier molecular flexibility index (Phi) is 6.54. The van der Waals surface area contributed by atoms with Gasteiger partial charge in [0.15, 0.2) is 0 Å². The van der Waals surface area contributed by atoms with Crippen molar-refractivity contribution < 1.29 is 4.39 Å². The fourth-order valence-electron chi connectivity index (χ4n) is 1.85. The van der Waals surface area contributed by atoms with Gasteiger partial charge in [0, 0.05) is 13.1 Å². The summed E-state index contributed by atoms with van der Waals surface area (Å²) in [6, 6.07) is 15.2. The van der Waals surface area contributed by atoms with E-state index in [4.69, 9.17) is 0 Å². The molecule has 0 bridgehead atoms. The van der Waals surface area contributed by atoms with E-state index in [1.54, 1.807) is 0 Å². The van der Waals surface area contributed by atoms with Crippen LogP contribution in [0.25, 0.3) is 0 Å². The van der Waals surface area contributed by atoms with Crippen molar-refractivity contribution in [3.05, 3.63) is 71.0 Å². The first-order valence-corrected chi connectivity index (χ1v) is 6.31. The third-order valence-electron chi connectivity index (χ3n) is 3.00. The minimum Gasteiger partial charge on any atom is -0.309 e. The molecule has 3 heteroatoms. The average Bonchev–Trinajstić information content (AvgIpc) is 2.42. The average molecular weight is 280 g/mol. The Hall–Kier alpha value is -1.38. The normalized spacial score (nSPS) is 10.0. The first-order chi connectivity index (χ1) is 8.78. The molecule has 0 aromatic heterocycles. The highest BCUT2D eigenvalue weighted by Gasteiger charge is 1.96. The smallest absolute Gasteiger partial charge is 0.123 e. The molecule has 102 valence electrons. The lowest BCUT2D eigenvalue weighted by molar-refractivity contribution is 0.625. The van der Waals surface area contributed by atoms with Gasteiger partial charge in [0.2, 0.25) is 0 Å². The molecule has 0 atom stereocenters. The Morgan fingerprint density at radius 1 is 0.789 bits per heavy atom. The third-order valence-corrected chi connectivity index (χ3v) is 3.00. The minimum absolute atomic E-state index is 0. The summed E-state index contributed by atoms with van der Waals surface area (Å²) < 4.78 is 12.7. The predicted molar refractivity (Wildman–Crippen MR) is 80.0 cm³/mol. The molecule has 19 heavy (non-hydrogen) atoms. The summed E-state index contributed by atoms with van der Waals surface area (Å²) in [5.74, 6) is -0.186. The molecule has 1 N–H and O–H groups in total. The van der Waals surface area contributed by atoms with Gasteiger partial charge >= 0.3 is 0 Å². The third kappa shape index (κ3) is 5.01. The molecule has 0 amide bonds. The lowest BCUT2D eigenvalue weighted by Gasteiger charge is -2.06. The number of aryl methyl sites for hydroxylation is 1. The second kappa shape index (κ2) is 7.93. The van der Waals surface area contributed by atoms with Gasteiger partial charge in [-0.25, -0.2) is 4.39 Å². The Morgan fingerprint density at radius 2 is 1.21 bits per heavy atom. The second-order valence-corrected chi connectivity index (χ2v) is 4.40. The quantitative estimate of drug-likeness (QED) is 0.869. The van der Waals surface area contributed by atoms with E-state index in [1.807, 2.05) is 12.1 Å². The minimum atomic E-state index is -0.186. The van der Waals surface area contributed by atoms with Crippen molar-refractivity contribution in [3.8, 4) is 0 Å². The number of hydrogen-bond donors (Lipinski definition) is 1. The Labute approximate surface area is 120 Å². The summed E-state index contributed by atoms with van der Waals surface area (Å²) in [4.78, 5) is 0. The van der Waals surface area contributed by atoms with Crippen LogP contribution in [0.2, 0.25) is 0 Å². The van der Waals surface area contributed by atoms with Crippen molar-refractivity contribution in [3.63, 3.8) is 0 Å². The van der Waals surface area contributed by atoms with Crippen molar-refractivity contribution in [1.82, 2.24) is 5.32 Å². The standard InChI is InChI=1S/C16H18FN.ClH/c1-2-13-3-5-14(6-4-13)11-18-12-15-7-9-16(17)10-8-15;/h3-10,18H,2,11-12H2,1H3;1H. The van der Waals surface area contributed by atoms with Gasteiger partial charge in [-0.1, -0.05) is 43.3 Å².